The van der Waals surface area contributed by atoms with Gasteiger partial charge in [0, 0.05) is 23.4 Å². The number of fused-ring (bicyclic) bond motifs is 2. The van der Waals surface area contributed by atoms with Gasteiger partial charge in [0.2, 0.25) is 5.91 Å². The van der Waals surface area contributed by atoms with E-state index in [1.54, 1.807) is 34.5 Å². The molecule has 2 aliphatic heterocycles. The van der Waals surface area contributed by atoms with Crippen molar-refractivity contribution in [1.29, 1.82) is 0 Å². The van der Waals surface area contributed by atoms with Crippen molar-refractivity contribution in [1.82, 2.24) is 9.55 Å². The smallest absolute Gasteiger partial charge is 0.268 e. The van der Waals surface area contributed by atoms with Gasteiger partial charge in [0.1, 0.15) is 13.2 Å². The summed E-state index contributed by atoms with van der Waals surface area (Å²) in [6.07, 6.45) is 0.762. The van der Waals surface area contributed by atoms with Crippen LogP contribution in [0.25, 0.3) is 0 Å². The molecule has 33 heavy (non-hydrogen) atoms. The van der Waals surface area contributed by atoms with Crippen LogP contribution in [0.3, 0.4) is 0 Å². The number of nitrogens with zero attached hydrogens (tertiary/aromatic N) is 2. The Bertz CT molecular complexity index is 1250. The van der Waals surface area contributed by atoms with E-state index in [-0.39, 0.29) is 17.2 Å². The summed E-state index contributed by atoms with van der Waals surface area (Å²) in [7, 11) is 0. The zero-order chi connectivity index (χ0) is 22.8. The minimum Gasteiger partial charge on any atom is -0.486 e. The second kappa shape index (κ2) is 9.52. The third-order valence-corrected chi connectivity index (χ3v) is 7.50. The van der Waals surface area contributed by atoms with Gasteiger partial charge < -0.3 is 14.8 Å². The van der Waals surface area contributed by atoms with Crippen molar-refractivity contribution in [2.75, 3.05) is 24.3 Å². The number of carbonyl (C=O) groups excluding carboxylic acids is 1. The highest BCUT2D eigenvalue weighted by atomic mass is 32.2. The Balaban J connectivity index is 1.34. The maximum Gasteiger partial charge on any atom is 0.268 e. The largest absolute Gasteiger partial charge is 0.486 e. The zero-order valence-corrected chi connectivity index (χ0v) is 19.7. The molecule has 0 bridgehead atoms. The van der Waals surface area contributed by atoms with E-state index in [0.29, 0.717) is 47.4 Å². The van der Waals surface area contributed by atoms with Crippen LogP contribution in [0.15, 0.2) is 63.4 Å². The molecule has 3 heterocycles. The van der Waals surface area contributed by atoms with Crippen molar-refractivity contribution < 1.29 is 14.3 Å². The Kier molecular flexibility index (Phi) is 6.32. The van der Waals surface area contributed by atoms with E-state index >= 15 is 0 Å². The van der Waals surface area contributed by atoms with Crippen LogP contribution in [0.5, 0.6) is 11.5 Å². The van der Waals surface area contributed by atoms with Crippen LogP contribution in [-0.4, -0.2) is 39.7 Å². The number of thioether (sulfide) groups is 2. The average molecular weight is 482 g/mol. The number of anilines is 1. The number of carbonyl (C=O) groups is 1. The van der Waals surface area contributed by atoms with Gasteiger partial charge in [-0.2, -0.15) is 0 Å². The molecule has 1 N–H and O–H groups in total. The summed E-state index contributed by atoms with van der Waals surface area (Å²) in [4.78, 5) is 31.4. The second-order valence-electron chi connectivity index (χ2n) is 7.87. The fourth-order valence-corrected chi connectivity index (χ4v) is 5.73. The SMILES string of the molecule is C[C@@H]1Cc2nc(SCC(=O)Nc3ccc4c(c3)OCCO4)n(Cc3ccccc3)c(=O)c2S1. The number of hydrogen-bond acceptors (Lipinski definition) is 7. The fourth-order valence-electron chi connectivity index (χ4n) is 3.80. The minimum atomic E-state index is -0.180. The van der Waals surface area contributed by atoms with Crippen molar-refractivity contribution in [3.8, 4) is 11.5 Å². The van der Waals surface area contributed by atoms with Gasteiger partial charge in [0.25, 0.3) is 5.56 Å². The number of hydrogen-bond donors (Lipinski definition) is 1. The summed E-state index contributed by atoms with van der Waals surface area (Å²) in [5.41, 5.74) is 2.45. The maximum atomic E-state index is 13.3. The van der Waals surface area contributed by atoms with E-state index in [9.17, 15) is 9.59 Å². The summed E-state index contributed by atoms with van der Waals surface area (Å²) in [6.45, 7) is 3.52. The summed E-state index contributed by atoms with van der Waals surface area (Å²) < 4.78 is 12.8. The zero-order valence-electron chi connectivity index (χ0n) is 18.1. The lowest BCUT2D eigenvalue weighted by Gasteiger charge is -2.19. The lowest BCUT2D eigenvalue weighted by Crippen LogP contribution is -2.26. The number of nitrogens with one attached hydrogen (secondary N) is 1. The van der Waals surface area contributed by atoms with Crippen molar-refractivity contribution in [3.05, 3.63) is 70.1 Å². The molecule has 0 saturated heterocycles. The van der Waals surface area contributed by atoms with Gasteiger partial charge in [-0.15, -0.1) is 11.8 Å². The molecule has 9 heteroatoms. The van der Waals surface area contributed by atoms with Crippen molar-refractivity contribution >= 4 is 35.1 Å². The van der Waals surface area contributed by atoms with Crippen molar-refractivity contribution in [2.45, 2.75) is 35.2 Å². The molecule has 3 aromatic rings. The number of ether oxygens (including phenoxy) is 2. The highest BCUT2D eigenvalue weighted by Gasteiger charge is 2.26. The van der Waals surface area contributed by atoms with Crippen LogP contribution in [-0.2, 0) is 17.8 Å². The maximum absolute atomic E-state index is 13.3. The molecule has 0 aliphatic carbocycles. The minimum absolute atomic E-state index is 0.0343. The van der Waals surface area contributed by atoms with E-state index in [4.69, 9.17) is 14.5 Å². The summed E-state index contributed by atoms with van der Waals surface area (Å²) in [6, 6.07) is 15.1. The molecule has 1 aromatic heterocycles. The molecule has 0 saturated carbocycles. The molecule has 2 aromatic carbocycles. The lowest BCUT2D eigenvalue weighted by molar-refractivity contribution is -0.113. The Morgan fingerprint density at radius 2 is 1.97 bits per heavy atom. The van der Waals surface area contributed by atoms with Crippen LogP contribution in [0.4, 0.5) is 5.69 Å². The van der Waals surface area contributed by atoms with Crippen molar-refractivity contribution in [2.24, 2.45) is 0 Å². The number of amides is 1. The predicted octanol–water partition coefficient (Wildman–Crippen LogP) is 3.83. The van der Waals surface area contributed by atoms with Gasteiger partial charge in [-0.3, -0.25) is 14.2 Å². The van der Waals surface area contributed by atoms with Gasteiger partial charge >= 0.3 is 0 Å². The molecule has 0 radical (unpaired) electrons. The standard InChI is InChI=1S/C24H23N3O4S2/c1-15-11-18-22(33-15)23(29)27(13-16-5-3-2-4-6-16)24(26-18)32-14-21(28)25-17-7-8-19-20(12-17)31-10-9-30-19/h2-8,12,15H,9-11,13-14H2,1H3,(H,25,28)/t15-/m1/s1. The molecule has 2 aliphatic rings. The lowest BCUT2D eigenvalue weighted by atomic mass is 10.2. The fraction of sp³-hybridized carbons (Fsp3) is 0.292. The van der Waals surface area contributed by atoms with Crippen LogP contribution < -0.4 is 20.3 Å². The summed E-state index contributed by atoms with van der Waals surface area (Å²) in [5.74, 6) is 1.25. The molecule has 0 spiro atoms. The Morgan fingerprint density at radius 1 is 1.18 bits per heavy atom. The first-order valence-electron chi connectivity index (χ1n) is 10.7. The molecule has 1 atom stereocenters. The second-order valence-corrected chi connectivity index (χ2v) is 10.3. The van der Waals surface area contributed by atoms with Gasteiger partial charge in [-0.05, 0) is 17.7 Å². The van der Waals surface area contributed by atoms with Crippen LogP contribution >= 0.6 is 23.5 Å². The predicted molar refractivity (Wildman–Crippen MR) is 130 cm³/mol. The van der Waals surface area contributed by atoms with Gasteiger partial charge in [-0.1, -0.05) is 49.0 Å². The van der Waals surface area contributed by atoms with Gasteiger partial charge in [-0.25, -0.2) is 4.98 Å². The highest BCUT2D eigenvalue weighted by Crippen LogP contribution is 2.35. The molecular formula is C24H23N3O4S2. The summed E-state index contributed by atoms with van der Waals surface area (Å²) in [5, 5.41) is 3.78. The van der Waals surface area contributed by atoms with Crippen LogP contribution in [0, 0.1) is 0 Å². The Morgan fingerprint density at radius 3 is 2.79 bits per heavy atom. The molecule has 0 unspecified atom stereocenters. The van der Waals surface area contributed by atoms with Crippen LogP contribution in [0.2, 0.25) is 0 Å². The quantitative estimate of drug-likeness (QED) is 0.423. The van der Waals surface area contributed by atoms with E-state index < -0.39 is 0 Å². The normalized spacial score (nSPS) is 16.3. The Labute approximate surface area is 199 Å². The average Bonchev–Trinajstić information content (AvgIpc) is 3.21. The van der Waals surface area contributed by atoms with Gasteiger partial charge in [0.15, 0.2) is 16.7 Å². The molecule has 7 nitrogen and oxygen atoms in total. The monoisotopic (exact) mass is 481 g/mol. The number of rotatable bonds is 6. The molecule has 5 rings (SSSR count). The van der Waals surface area contributed by atoms with E-state index in [1.165, 1.54) is 11.8 Å². The molecule has 0 fully saturated rings. The molecule has 170 valence electrons. The van der Waals surface area contributed by atoms with E-state index in [0.717, 1.165) is 22.6 Å². The Hall–Kier alpha value is -2.91. The third kappa shape index (κ3) is 4.89. The summed E-state index contributed by atoms with van der Waals surface area (Å²) >= 11 is 2.86. The first-order chi connectivity index (χ1) is 16.1. The van der Waals surface area contributed by atoms with Gasteiger partial charge in [0.05, 0.1) is 22.9 Å². The van der Waals surface area contributed by atoms with E-state index in [2.05, 4.69) is 12.2 Å². The first kappa shape index (κ1) is 21.9. The topological polar surface area (TPSA) is 82.4 Å². The molecular weight excluding hydrogens is 458 g/mol. The van der Waals surface area contributed by atoms with Crippen LogP contribution in [0.1, 0.15) is 18.2 Å². The number of aromatic nitrogens is 2. The van der Waals surface area contributed by atoms with E-state index in [1.807, 2.05) is 30.3 Å². The molecule has 1 amide bonds. The van der Waals surface area contributed by atoms with Crippen molar-refractivity contribution in [3.63, 3.8) is 0 Å². The third-order valence-electron chi connectivity index (χ3n) is 5.30. The number of benzene rings is 2. The first-order valence-corrected chi connectivity index (χ1v) is 12.6. The highest BCUT2D eigenvalue weighted by molar-refractivity contribution is 8.00.